The van der Waals surface area contributed by atoms with Crippen LogP contribution >= 0.6 is 0 Å². The summed E-state index contributed by atoms with van der Waals surface area (Å²) in [5, 5.41) is 12.4. The van der Waals surface area contributed by atoms with Gasteiger partial charge >= 0.3 is 12.1 Å². The van der Waals surface area contributed by atoms with Gasteiger partial charge in [0.15, 0.2) is 0 Å². The fourth-order valence-electron chi connectivity index (χ4n) is 6.05. The van der Waals surface area contributed by atoms with Crippen LogP contribution in [0.3, 0.4) is 0 Å². The Kier molecular flexibility index (Phi) is 6.26. The summed E-state index contributed by atoms with van der Waals surface area (Å²) in [6.07, 6.45) is 2.62. The Labute approximate surface area is 205 Å². The number of aliphatic carboxylic acids is 1. The van der Waals surface area contributed by atoms with Crippen LogP contribution < -0.4 is 5.32 Å². The van der Waals surface area contributed by atoms with Gasteiger partial charge in [0.05, 0.1) is 0 Å². The van der Waals surface area contributed by atoms with Crippen molar-refractivity contribution in [1.82, 2.24) is 10.2 Å². The topological polar surface area (TPSA) is 95.9 Å². The summed E-state index contributed by atoms with van der Waals surface area (Å²) < 4.78 is 5.63. The molecule has 2 N–H and O–H groups in total. The molecule has 2 amide bonds. The number of carboxylic acid groups (broad SMARTS) is 1. The lowest BCUT2D eigenvalue weighted by molar-refractivity contribution is -0.168. The first-order chi connectivity index (χ1) is 16.9. The minimum atomic E-state index is -0.830. The second-order valence-corrected chi connectivity index (χ2v) is 10.1. The predicted molar refractivity (Wildman–Crippen MR) is 131 cm³/mol. The molecule has 1 saturated carbocycles. The van der Waals surface area contributed by atoms with Crippen LogP contribution in [-0.2, 0) is 14.3 Å². The highest BCUT2D eigenvalue weighted by atomic mass is 16.5. The lowest BCUT2D eigenvalue weighted by Crippen LogP contribution is -2.63. The average Bonchev–Trinajstić information content (AvgIpc) is 3.43. The first-order valence-corrected chi connectivity index (χ1v) is 12.5. The molecule has 7 nitrogen and oxygen atoms in total. The van der Waals surface area contributed by atoms with Gasteiger partial charge in [0.25, 0.3) is 0 Å². The van der Waals surface area contributed by atoms with Crippen LogP contribution in [0.15, 0.2) is 48.5 Å². The Balaban J connectivity index is 1.14. The highest BCUT2D eigenvalue weighted by Gasteiger charge is 2.51. The van der Waals surface area contributed by atoms with E-state index in [2.05, 4.69) is 29.6 Å². The fraction of sp³-hybridized carbons (Fsp3) is 0.464. The molecule has 1 heterocycles. The van der Waals surface area contributed by atoms with Gasteiger partial charge in [-0.15, -0.1) is 0 Å². The molecule has 35 heavy (non-hydrogen) atoms. The van der Waals surface area contributed by atoms with Gasteiger partial charge in [-0.3, -0.25) is 9.59 Å². The normalized spacial score (nSPS) is 22.1. The van der Waals surface area contributed by atoms with Gasteiger partial charge < -0.3 is 20.1 Å². The largest absolute Gasteiger partial charge is 0.481 e. The molecule has 7 heteroatoms. The number of amides is 2. The lowest BCUT2D eigenvalue weighted by atomic mass is 9.76. The lowest BCUT2D eigenvalue weighted by Gasteiger charge is -2.48. The van der Waals surface area contributed by atoms with Crippen molar-refractivity contribution in [3.8, 4) is 11.1 Å². The number of alkyl carbamates (subject to hydrolysis) is 1. The van der Waals surface area contributed by atoms with E-state index in [0.29, 0.717) is 13.0 Å². The zero-order chi connectivity index (χ0) is 24.6. The van der Waals surface area contributed by atoms with E-state index in [-0.39, 0.29) is 43.4 Å². The summed E-state index contributed by atoms with van der Waals surface area (Å²) in [5.74, 6) is -0.929. The van der Waals surface area contributed by atoms with Crippen molar-refractivity contribution >= 4 is 18.0 Å². The van der Waals surface area contributed by atoms with E-state index in [1.807, 2.05) is 31.2 Å². The van der Waals surface area contributed by atoms with E-state index in [9.17, 15) is 19.5 Å². The summed E-state index contributed by atoms with van der Waals surface area (Å²) in [7, 11) is 0. The van der Waals surface area contributed by atoms with Crippen molar-refractivity contribution in [3.05, 3.63) is 59.7 Å². The first kappa shape index (κ1) is 23.4. The quantitative estimate of drug-likeness (QED) is 0.622. The van der Waals surface area contributed by atoms with Gasteiger partial charge in [-0.25, -0.2) is 4.79 Å². The molecule has 0 aromatic heterocycles. The van der Waals surface area contributed by atoms with E-state index in [1.54, 1.807) is 4.90 Å². The molecule has 2 fully saturated rings. The number of nitrogens with one attached hydrogen (secondary N) is 1. The maximum Gasteiger partial charge on any atom is 0.407 e. The molecule has 0 radical (unpaired) electrons. The molecule has 5 rings (SSSR count). The molecule has 3 aliphatic rings. The SMILES string of the molecule is CCC1(C(=O)O)CN(C(=O)[C@H]2CCC[C@H]2CNC(=O)OCC2c3ccccc3-c3ccccc32)C1. The molecule has 2 atom stereocenters. The molecule has 2 aromatic carbocycles. The summed E-state index contributed by atoms with van der Waals surface area (Å²) in [4.78, 5) is 38.8. The molecule has 1 aliphatic heterocycles. The van der Waals surface area contributed by atoms with Crippen LogP contribution in [0, 0.1) is 17.3 Å². The zero-order valence-electron chi connectivity index (χ0n) is 20.0. The van der Waals surface area contributed by atoms with Gasteiger partial charge in [0.2, 0.25) is 5.91 Å². The fourth-order valence-corrected chi connectivity index (χ4v) is 6.05. The van der Waals surface area contributed by atoms with Gasteiger partial charge in [-0.2, -0.15) is 0 Å². The van der Waals surface area contributed by atoms with Gasteiger partial charge in [0.1, 0.15) is 12.0 Å². The number of likely N-dealkylation sites (tertiary alicyclic amines) is 1. The van der Waals surface area contributed by atoms with E-state index >= 15 is 0 Å². The Morgan fingerprint density at radius 2 is 1.66 bits per heavy atom. The number of hydrogen-bond donors (Lipinski definition) is 2. The van der Waals surface area contributed by atoms with Crippen LogP contribution in [0.4, 0.5) is 4.79 Å². The van der Waals surface area contributed by atoms with Crippen LogP contribution in [0.2, 0.25) is 0 Å². The molecule has 0 bridgehead atoms. The third kappa shape index (κ3) is 4.17. The zero-order valence-corrected chi connectivity index (χ0v) is 20.0. The molecule has 184 valence electrons. The summed E-state index contributed by atoms with van der Waals surface area (Å²) in [5.41, 5.74) is 3.91. The number of hydrogen-bond acceptors (Lipinski definition) is 4. The van der Waals surface area contributed by atoms with Gasteiger partial charge in [-0.1, -0.05) is 61.9 Å². The van der Waals surface area contributed by atoms with Crippen LogP contribution in [0.25, 0.3) is 11.1 Å². The molecule has 2 aliphatic carbocycles. The van der Waals surface area contributed by atoms with Crippen molar-refractivity contribution in [1.29, 1.82) is 0 Å². The third-order valence-corrected chi connectivity index (χ3v) is 8.26. The Hall–Kier alpha value is -3.35. The highest BCUT2D eigenvalue weighted by molar-refractivity contribution is 5.85. The highest BCUT2D eigenvalue weighted by Crippen LogP contribution is 2.44. The minimum Gasteiger partial charge on any atom is -0.481 e. The number of carboxylic acids is 1. The molecular weight excluding hydrogens is 444 g/mol. The van der Waals surface area contributed by atoms with E-state index in [4.69, 9.17) is 4.74 Å². The number of rotatable bonds is 7. The molecular formula is C28H32N2O5. The molecule has 0 unspecified atom stereocenters. The van der Waals surface area contributed by atoms with Crippen molar-refractivity contribution in [3.63, 3.8) is 0 Å². The Bertz CT molecular complexity index is 1090. The number of nitrogens with zero attached hydrogens (tertiary/aromatic N) is 1. The maximum absolute atomic E-state index is 13.0. The van der Waals surface area contributed by atoms with Gasteiger partial charge in [0, 0.05) is 31.5 Å². The summed E-state index contributed by atoms with van der Waals surface area (Å²) in [6, 6.07) is 16.4. The predicted octanol–water partition coefficient (Wildman–Crippen LogP) is 4.26. The smallest absolute Gasteiger partial charge is 0.407 e. The minimum absolute atomic E-state index is 0.00782. The number of carbonyl (C=O) groups excluding carboxylic acids is 2. The van der Waals surface area contributed by atoms with Crippen molar-refractivity contribution < 1.29 is 24.2 Å². The molecule has 1 saturated heterocycles. The number of fused-ring (bicyclic) bond motifs is 3. The third-order valence-electron chi connectivity index (χ3n) is 8.26. The summed E-state index contributed by atoms with van der Waals surface area (Å²) >= 11 is 0. The maximum atomic E-state index is 13.0. The van der Waals surface area contributed by atoms with Crippen molar-refractivity contribution in [2.24, 2.45) is 17.3 Å². The standard InChI is InChI=1S/C28H32N2O5/c1-2-28(26(32)33)16-30(17-28)25(31)19-13-7-8-18(19)14-29-27(34)35-15-24-22-11-5-3-9-20(22)21-10-4-6-12-23(21)24/h3-6,9-12,18-19,24H,2,7-8,13-17H2,1H3,(H,29,34)(H,32,33)/t18-,19-/m0/s1. The first-order valence-electron chi connectivity index (χ1n) is 12.5. The molecule has 2 aromatic rings. The Morgan fingerprint density at radius 1 is 1.03 bits per heavy atom. The second-order valence-electron chi connectivity index (χ2n) is 10.1. The summed E-state index contributed by atoms with van der Waals surface area (Å²) in [6.45, 7) is 3.06. The Morgan fingerprint density at radius 3 is 2.26 bits per heavy atom. The molecule has 0 spiro atoms. The van der Waals surface area contributed by atoms with E-state index < -0.39 is 17.5 Å². The van der Waals surface area contributed by atoms with Crippen LogP contribution in [0.5, 0.6) is 0 Å². The van der Waals surface area contributed by atoms with Crippen molar-refractivity contribution in [2.45, 2.75) is 38.5 Å². The monoisotopic (exact) mass is 476 g/mol. The number of benzene rings is 2. The van der Waals surface area contributed by atoms with Gasteiger partial charge in [-0.05, 0) is 47.4 Å². The second kappa shape index (κ2) is 9.36. The number of ether oxygens (including phenoxy) is 1. The van der Waals surface area contributed by atoms with Crippen LogP contribution in [0.1, 0.15) is 49.7 Å². The van der Waals surface area contributed by atoms with Crippen molar-refractivity contribution in [2.75, 3.05) is 26.2 Å². The van der Waals surface area contributed by atoms with Crippen LogP contribution in [-0.4, -0.2) is 54.2 Å². The van der Waals surface area contributed by atoms with E-state index in [0.717, 1.165) is 19.3 Å². The number of carbonyl (C=O) groups is 3. The average molecular weight is 477 g/mol. The van der Waals surface area contributed by atoms with E-state index in [1.165, 1.54) is 22.3 Å².